The Hall–Kier alpha value is -2.58. The lowest BCUT2D eigenvalue weighted by atomic mass is 10.0. The van der Waals surface area contributed by atoms with Gasteiger partial charge in [-0.1, -0.05) is 11.8 Å². The summed E-state index contributed by atoms with van der Waals surface area (Å²) < 4.78 is 24.9. The third-order valence-corrected chi connectivity index (χ3v) is 7.32. The lowest BCUT2D eigenvalue weighted by Crippen LogP contribution is -2.32. The lowest BCUT2D eigenvalue weighted by Gasteiger charge is -2.26. The molecule has 1 atom stereocenters. The fraction of sp³-hybridized carbons (Fsp3) is 0.304. The molecule has 1 aliphatic rings. The van der Waals surface area contributed by atoms with Crippen molar-refractivity contribution in [1.29, 1.82) is 0 Å². The number of nitrogens with zero attached hydrogens (tertiary/aromatic N) is 2. The van der Waals surface area contributed by atoms with Crippen LogP contribution in [0.1, 0.15) is 24.4 Å². The summed E-state index contributed by atoms with van der Waals surface area (Å²) in [5, 5.41) is 1.93. The van der Waals surface area contributed by atoms with Crippen molar-refractivity contribution in [3.05, 3.63) is 59.2 Å². The second-order valence-electron chi connectivity index (χ2n) is 7.15. The van der Waals surface area contributed by atoms with Crippen molar-refractivity contribution in [2.45, 2.75) is 23.2 Å². The minimum Gasteiger partial charge on any atom is -0.497 e. The van der Waals surface area contributed by atoms with E-state index in [1.54, 1.807) is 26.4 Å². The number of halogens is 1. The Bertz CT molecular complexity index is 1060. The number of thioether (sulfide) groups is 1. The minimum absolute atomic E-state index is 0.0239. The molecule has 1 fully saturated rings. The number of benzene rings is 2. The molecule has 1 unspecified atom stereocenters. The number of methoxy groups -OCH3 is 2. The first-order valence-electron chi connectivity index (χ1n) is 9.94. The minimum atomic E-state index is -0.271. The van der Waals surface area contributed by atoms with Crippen molar-refractivity contribution in [2.24, 2.45) is 0 Å². The van der Waals surface area contributed by atoms with Gasteiger partial charge in [0.05, 0.1) is 31.7 Å². The second kappa shape index (κ2) is 9.70. The molecule has 1 aromatic heterocycles. The lowest BCUT2D eigenvalue weighted by molar-refractivity contribution is -0.129. The van der Waals surface area contributed by atoms with Crippen molar-refractivity contribution >= 4 is 29.0 Å². The van der Waals surface area contributed by atoms with Gasteiger partial charge >= 0.3 is 0 Å². The highest BCUT2D eigenvalue weighted by molar-refractivity contribution is 8.01. The van der Waals surface area contributed by atoms with Crippen LogP contribution in [-0.2, 0) is 4.79 Å². The second-order valence-corrected chi connectivity index (χ2v) is 9.23. The van der Waals surface area contributed by atoms with E-state index in [-0.39, 0.29) is 17.8 Å². The van der Waals surface area contributed by atoms with E-state index in [1.807, 2.05) is 28.5 Å². The summed E-state index contributed by atoms with van der Waals surface area (Å²) in [6.07, 6.45) is 1.85. The first-order valence-corrected chi connectivity index (χ1v) is 11.8. The van der Waals surface area contributed by atoms with Gasteiger partial charge in [0.15, 0.2) is 4.34 Å². The van der Waals surface area contributed by atoms with Crippen molar-refractivity contribution < 1.29 is 18.7 Å². The molecule has 0 spiro atoms. The molecule has 5 nitrogen and oxygen atoms in total. The zero-order valence-corrected chi connectivity index (χ0v) is 19.0. The number of hydrogen-bond acceptors (Lipinski definition) is 6. The summed E-state index contributed by atoms with van der Waals surface area (Å²) in [4.78, 5) is 19.6. The SMILES string of the molecule is COc1ccc(OC)c(C2CCCN2C(=O)CSc2nc(-c3ccc(F)cc3)cs2)c1. The number of hydrogen-bond donors (Lipinski definition) is 0. The largest absolute Gasteiger partial charge is 0.497 e. The van der Waals surface area contributed by atoms with Crippen LogP contribution < -0.4 is 9.47 Å². The fourth-order valence-electron chi connectivity index (χ4n) is 3.77. The molecule has 8 heteroatoms. The quantitative estimate of drug-likeness (QED) is 0.443. The molecule has 1 amide bonds. The number of aromatic nitrogens is 1. The molecule has 4 rings (SSSR count). The number of thiazole rings is 1. The molecule has 2 heterocycles. The van der Waals surface area contributed by atoms with Gasteiger partial charge in [-0.05, 0) is 55.3 Å². The Kier molecular flexibility index (Phi) is 6.77. The van der Waals surface area contributed by atoms with Crippen LogP contribution in [0, 0.1) is 5.82 Å². The predicted octanol–water partition coefficient (Wildman–Crippen LogP) is 5.42. The van der Waals surface area contributed by atoms with Crippen LogP contribution in [0.3, 0.4) is 0 Å². The Morgan fingerprint density at radius 2 is 2.03 bits per heavy atom. The zero-order valence-electron chi connectivity index (χ0n) is 17.3. The van der Waals surface area contributed by atoms with Crippen molar-refractivity contribution in [3.63, 3.8) is 0 Å². The van der Waals surface area contributed by atoms with E-state index < -0.39 is 0 Å². The van der Waals surface area contributed by atoms with Gasteiger partial charge in [-0.2, -0.15) is 0 Å². The first kappa shape index (κ1) is 21.6. The molecule has 0 radical (unpaired) electrons. The van der Waals surface area contributed by atoms with Crippen LogP contribution in [0.5, 0.6) is 11.5 Å². The van der Waals surface area contributed by atoms with Crippen LogP contribution in [-0.4, -0.2) is 42.3 Å². The summed E-state index contributed by atoms with van der Waals surface area (Å²) in [5.74, 6) is 1.64. The third kappa shape index (κ3) is 4.85. The van der Waals surface area contributed by atoms with E-state index in [9.17, 15) is 9.18 Å². The summed E-state index contributed by atoms with van der Waals surface area (Å²) in [7, 11) is 3.28. The topological polar surface area (TPSA) is 51.7 Å². The smallest absolute Gasteiger partial charge is 0.233 e. The van der Waals surface area contributed by atoms with Crippen LogP contribution >= 0.6 is 23.1 Å². The van der Waals surface area contributed by atoms with Crippen molar-refractivity contribution in [2.75, 3.05) is 26.5 Å². The van der Waals surface area contributed by atoms with Crippen LogP contribution in [0.25, 0.3) is 11.3 Å². The highest BCUT2D eigenvalue weighted by Crippen LogP contribution is 2.39. The molecule has 2 aromatic carbocycles. The average Bonchev–Trinajstić information content (AvgIpc) is 3.47. The summed E-state index contributed by atoms with van der Waals surface area (Å²) in [6.45, 7) is 0.725. The van der Waals surface area contributed by atoms with Gasteiger partial charge in [0.2, 0.25) is 5.91 Å². The maximum Gasteiger partial charge on any atom is 0.233 e. The molecule has 31 heavy (non-hydrogen) atoms. The van der Waals surface area contributed by atoms with Gasteiger partial charge in [-0.25, -0.2) is 9.37 Å². The standard InChI is InChI=1S/C23H23FN2O3S2/c1-28-17-9-10-21(29-2)18(12-17)20-4-3-11-26(20)22(27)14-31-23-25-19(13-30-23)15-5-7-16(24)8-6-15/h5-10,12-13,20H,3-4,11,14H2,1-2H3. The Labute approximate surface area is 189 Å². The number of carbonyl (C=O) groups is 1. The number of rotatable bonds is 7. The van der Waals surface area contributed by atoms with E-state index in [2.05, 4.69) is 4.98 Å². The highest BCUT2D eigenvalue weighted by Gasteiger charge is 2.32. The van der Waals surface area contributed by atoms with Crippen molar-refractivity contribution in [1.82, 2.24) is 9.88 Å². The Morgan fingerprint density at radius 3 is 2.77 bits per heavy atom. The van der Waals surface area contributed by atoms with Gasteiger partial charge in [-0.3, -0.25) is 4.79 Å². The molecular formula is C23H23FN2O3S2. The van der Waals surface area contributed by atoms with E-state index in [1.165, 1.54) is 35.2 Å². The Balaban J connectivity index is 1.43. The molecule has 3 aromatic rings. The maximum atomic E-state index is 13.1. The van der Waals surface area contributed by atoms with E-state index in [0.29, 0.717) is 5.75 Å². The van der Waals surface area contributed by atoms with Gasteiger partial charge in [-0.15, -0.1) is 11.3 Å². The highest BCUT2D eigenvalue weighted by atomic mass is 32.2. The molecule has 1 saturated heterocycles. The Morgan fingerprint density at radius 1 is 1.23 bits per heavy atom. The summed E-state index contributed by atoms with van der Waals surface area (Å²) in [5.41, 5.74) is 2.63. The molecule has 0 bridgehead atoms. The number of likely N-dealkylation sites (tertiary alicyclic amines) is 1. The number of carbonyl (C=O) groups excluding carboxylic acids is 1. The van der Waals surface area contributed by atoms with Crippen LogP contribution in [0.2, 0.25) is 0 Å². The number of amides is 1. The molecule has 0 N–H and O–H groups in total. The van der Waals surface area contributed by atoms with Gasteiger partial charge in [0.1, 0.15) is 17.3 Å². The van der Waals surface area contributed by atoms with Crippen molar-refractivity contribution in [3.8, 4) is 22.8 Å². The monoisotopic (exact) mass is 458 g/mol. The average molecular weight is 459 g/mol. The first-order chi connectivity index (χ1) is 15.1. The fourth-order valence-corrected chi connectivity index (χ4v) is 5.49. The van der Waals surface area contributed by atoms with Gasteiger partial charge in [0.25, 0.3) is 0 Å². The normalized spacial score (nSPS) is 15.8. The van der Waals surface area contributed by atoms with Gasteiger partial charge in [0, 0.05) is 23.1 Å². The molecular weight excluding hydrogens is 435 g/mol. The zero-order chi connectivity index (χ0) is 21.8. The van der Waals surface area contributed by atoms with E-state index in [0.717, 1.165) is 52.0 Å². The summed E-state index contributed by atoms with van der Waals surface area (Å²) in [6, 6.07) is 11.9. The summed E-state index contributed by atoms with van der Waals surface area (Å²) >= 11 is 2.93. The van der Waals surface area contributed by atoms with Gasteiger partial charge < -0.3 is 14.4 Å². The van der Waals surface area contributed by atoms with Crippen LogP contribution in [0.4, 0.5) is 4.39 Å². The molecule has 0 aliphatic carbocycles. The number of ether oxygens (including phenoxy) is 2. The molecule has 0 saturated carbocycles. The predicted molar refractivity (Wildman–Crippen MR) is 121 cm³/mol. The molecule has 1 aliphatic heterocycles. The van der Waals surface area contributed by atoms with E-state index in [4.69, 9.17) is 9.47 Å². The third-order valence-electron chi connectivity index (χ3n) is 5.31. The van der Waals surface area contributed by atoms with Crippen LogP contribution in [0.15, 0.2) is 52.2 Å². The van der Waals surface area contributed by atoms with E-state index >= 15 is 0 Å². The maximum absolute atomic E-state index is 13.1. The molecule has 162 valence electrons.